The maximum atomic E-state index is 12.4. The van der Waals surface area contributed by atoms with Gasteiger partial charge in [-0.2, -0.15) is 13.2 Å². The molecule has 1 aliphatic heterocycles. The molecule has 7 heteroatoms. The first kappa shape index (κ1) is 15.5. The molecule has 0 amide bonds. The number of thioether (sulfide) groups is 1. The molecule has 2 N–H and O–H groups in total. The number of halogens is 3. The molecular weight excluding hydrogens is 289 g/mol. The van der Waals surface area contributed by atoms with Gasteiger partial charge >= 0.3 is 5.51 Å². The first-order valence-electron chi connectivity index (χ1n) is 6.40. The van der Waals surface area contributed by atoms with Crippen LogP contribution in [0.3, 0.4) is 0 Å². The molecule has 0 unspecified atom stereocenters. The van der Waals surface area contributed by atoms with Crippen LogP contribution in [0.2, 0.25) is 0 Å². The van der Waals surface area contributed by atoms with Gasteiger partial charge in [-0.3, -0.25) is 4.90 Å². The lowest BCUT2D eigenvalue weighted by Crippen LogP contribution is -2.44. The van der Waals surface area contributed by atoms with Crippen LogP contribution < -0.4 is 5.32 Å². The van der Waals surface area contributed by atoms with Crippen molar-refractivity contribution in [2.24, 2.45) is 0 Å². The number of hydrogen-bond acceptors (Lipinski definition) is 4. The summed E-state index contributed by atoms with van der Waals surface area (Å²) in [6.45, 7) is 5.24. The average molecular weight is 306 g/mol. The molecule has 1 saturated heterocycles. The van der Waals surface area contributed by atoms with Crippen LogP contribution in [0.1, 0.15) is 18.5 Å². The Morgan fingerprint density at radius 1 is 1.30 bits per heavy atom. The highest BCUT2D eigenvalue weighted by atomic mass is 32.2. The summed E-state index contributed by atoms with van der Waals surface area (Å²) in [5.41, 5.74) is -3.77. The van der Waals surface area contributed by atoms with Crippen molar-refractivity contribution >= 4 is 11.8 Å². The van der Waals surface area contributed by atoms with Gasteiger partial charge in [0.05, 0.1) is 0 Å². The van der Waals surface area contributed by atoms with Crippen molar-refractivity contribution in [1.29, 1.82) is 0 Å². The molecule has 0 radical (unpaired) electrons. The van der Waals surface area contributed by atoms with E-state index in [1.165, 1.54) is 18.2 Å². The van der Waals surface area contributed by atoms with Crippen molar-refractivity contribution < 1.29 is 18.3 Å². The van der Waals surface area contributed by atoms with Gasteiger partial charge in [-0.1, -0.05) is 0 Å². The van der Waals surface area contributed by atoms with Crippen LogP contribution >= 0.6 is 11.8 Å². The monoisotopic (exact) mass is 306 g/mol. The summed E-state index contributed by atoms with van der Waals surface area (Å²) in [5, 5.41) is 13.1. The number of benzene rings is 1. The lowest BCUT2D eigenvalue weighted by molar-refractivity contribution is -0.0328. The fourth-order valence-corrected chi connectivity index (χ4v) is 2.92. The highest BCUT2D eigenvalue weighted by molar-refractivity contribution is 8.00. The fourth-order valence-electron chi connectivity index (χ4n) is 2.33. The predicted molar refractivity (Wildman–Crippen MR) is 72.9 cm³/mol. The minimum Gasteiger partial charge on any atom is -0.508 e. The van der Waals surface area contributed by atoms with Crippen molar-refractivity contribution in [3.05, 3.63) is 23.8 Å². The molecule has 0 bridgehead atoms. The Hall–Kier alpha value is -0.920. The maximum absolute atomic E-state index is 12.4. The van der Waals surface area contributed by atoms with E-state index in [-0.39, 0.29) is 28.4 Å². The van der Waals surface area contributed by atoms with Gasteiger partial charge < -0.3 is 10.4 Å². The molecule has 2 rings (SSSR count). The lowest BCUT2D eigenvalue weighted by atomic mass is 10.1. The molecule has 1 heterocycles. The Morgan fingerprint density at radius 3 is 2.55 bits per heavy atom. The first-order chi connectivity index (χ1) is 9.37. The highest BCUT2D eigenvalue weighted by Gasteiger charge is 2.30. The Morgan fingerprint density at radius 2 is 1.95 bits per heavy atom. The minimum atomic E-state index is -4.31. The Bertz CT molecular complexity index is 461. The van der Waals surface area contributed by atoms with Gasteiger partial charge in [-0.15, -0.1) is 0 Å². The first-order valence-corrected chi connectivity index (χ1v) is 7.22. The van der Waals surface area contributed by atoms with E-state index >= 15 is 0 Å². The quantitative estimate of drug-likeness (QED) is 0.842. The Labute approximate surface area is 120 Å². The summed E-state index contributed by atoms with van der Waals surface area (Å²) in [6, 6.07) is 3.95. The predicted octanol–water partition coefficient (Wildman–Crippen LogP) is 2.97. The Kier molecular flexibility index (Phi) is 4.82. The third-order valence-corrected chi connectivity index (χ3v) is 4.10. The zero-order valence-corrected chi connectivity index (χ0v) is 11.9. The number of phenols is 1. The summed E-state index contributed by atoms with van der Waals surface area (Å²) >= 11 is -0.154. The second-order valence-corrected chi connectivity index (χ2v) is 5.87. The zero-order chi connectivity index (χ0) is 14.8. The van der Waals surface area contributed by atoms with Crippen LogP contribution in [-0.4, -0.2) is 41.7 Å². The van der Waals surface area contributed by atoms with Crippen molar-refractivity contribution in [2.45, 2.75) is 23.4 Å². The Balaban J connectivity index is 2.18. The van der Waals surface area contributed by atoms with Gasteiger partial charge in [0.1, 0.15) is 5.75 Å². The van der Waals surface area contributed by atoms with E-state index in [0.717, 1.165) is 26.2 Å². The second-order valence-electron chi connectivity index (χ2n) is 4.73. The van der Waals surface area contributed by atoms with Crippen LogP contribution in [0.25, 0.3) is 0 Å². The molecule has 1 fully saturated rings. The molecule has 0 aromatic heterocycles. The largest absolute Gasteiger partial charge is 0.508 e. The smallest absolute Gasteiger partial charge is 0.446 e. The summed E-state index contributed by atoms with van der Waals surface area (Å²) in [7, 11) is 0. The van der Waals surface area contributed by atoms with Gasteiger partial charge in [-0.25, -0.2) is 0 Å². The molecule has 0 saturated carbocycles. The van der Waals surface area contributed by atoms with E-state index in [9.17, 15) is 18.3 Å². The van der Waals surface area contributed by atoms with Crippen molar-refractivity contribution in [3.63, 3.8) is 0 Å². The number of piperazine rings is 1. The summed E-state index contributed by atoms with van der Waals surface area (Å²) in [6.07, 6.45) is 0. The molecule has 1 aromatic rings. The third kappa shape index (κ3) is 4.04. The topological polar surface area (TPSA) is 35.5 Å². The molecule has 1 atom stereocenters. The molecule has 1 aromatic carbocycles. The van der Waals surface area contributed by atoms with Gasteiger partial charge in [0.15, 0.2) is 0 Å². The standard InChI is InChI=1S/C13H17F3N2OS/c1-9(18-6-4-17-5-7-18)11-8-10(2-3-12(11)19)20-13(14,15)16/h2-3,8-9,17,19H,4-7H2,1H3/t9-/m0/s1. The zero-order valence-electron chi connectivity index (χ0n) is 11.1. The number of nitrogens with zero attached hydrogens (tertiary/aromatic N) is 1. The van der Waals surface area contributed by atoms with Gasteiger partial charge in [0.2, 0.25) is 0 Å². The van der Waals surface area contributed by atoms with E-state index in [1.807, 2.05) is 6.92 Å². The van der Waals surface area contributed by atoms with Gasteiger partial charge in [0.25, 0.3) is 0 Å². The summed E-state index contributed by atoms with van der Waals surface area (Å²) < 4.78 is 37.2. The van der Waals surface area contributed by atoms with Gasteiger partial charge in [0, 0.05) is 42.7 Å². The van der Waals surface area contributed by atoms with Gasteiger partial charge in [-0.05, 0) is 36.9 Å². The number of rotatable bonds is 3. The van der Waals surface area contributed by atoms with Crippen LogP contribution in [0.15, 0.2) is 23.1 Å². The second kappa shape index (κ2) is 6.24. The fraction of sp³-hybridized carbons (Fsp3) is 0.538. The molecular formula is C13H17F3N2OS. The number of hydrogen-bond donors (Lipinski definition) is 2. The number of phenolic OH excluding ortho intramolecular Hbond substituents is 1. The van der Waals surface area contributed by atoms with Crippen LogP contribution in [0.4, 0.5) is 13.2 Å². The van der Waals surface area contributed by atoms with E-state index in [4.69, 9.17) is 0 Å². The summed E-state index contributed by atoms with van der Waals surface area (Å²) in [4.78, 5) is 2.25. The SMILES string of the molecule is C[C@@H](c1cc(SC(F)(F)F)ccc1O)N1CCNCC1. The normalized spacial score (nSPS) is 19.0. The number of aromatic hydroxyl groups is 1. The summed E-state index contributed by atoms with van der Waals surface area (Å²) in [5.74, 6) is 0.0440. The van der Waals surface area contributed by atoms with Crippen LogP contribution in [-0.2, 0) is 0 Å². The van der Waals surface area contributed by atoms with Crippen molar-refractivity contribution in [1.82, 2.24) is 10.2 Å². The van der Waals surface area contributed by atoms with Crippen LogP contribution in [0.5, 0.6) is 5.75 Å². The van der Waals surface area contributed by atoms with Crippen molar-refractivity contribution in [2.75, 3.05) is 26.2 Å². The van der Waals surface area contributed by atoms with E-state index in [2.05, 4.69) is 10.2 Å². The number of nitrogens with one attached hydrogen (secondary N) is 1. The maximum Gasteiger partial charge on any atom is 0.446 e. The van der Waals surface area contributed by atoms with E-state index < -0.39 is 5.51 Å². The highest BCUT2D eigenvalue weighted by Crippen LogP contribution is 2.40. The van der Waals surface area contributed by atoms with E-state index in [0.29, 0.717) is 5.56 Å². The molecule has 0 aliphatic carbocycles. The third-order valence-electron chi connectivity index (χ3n) is 3.38. The molecule has 20 heavy (non-hydrogen) atoms. The molecule has 112 valence electrons. The molecule has 0 spiro atoms. The number of alkyl halides is 3. The van der Waals surface area contributed by atoms with Crippen molar-refractivity contribution in [3.8, 4) is 5.75 Å². The van der Waals surface area contributed by atoms with Crippen LogP contribution in [0, 0.1) is 0 Å². The minimum absolute atomic E-state index is 0.0440. The average Bonchev–Trinajstić information content (AvgIpc) is 2.40. The van der Waals surface area contributed by atoms with E-state index in [1.54, 1.807) is 0 Å². The lowest BCUT2D eigenvalue weighted by Gasteiger charge is -2.33. The molecule has 3 nitrogen and oxygen atoms in total. The molecule has 1 aliphatic rings.